The van der Waals surface area contributed by atoms with E-state index in [0.717, 1.165) is 5.56 Å². The summed E-state index contributed by atoms with van der Waals surface area (Å²) in [6.07, 6.45) is 0. The summed E-state index contributed by atoms with van der Waals surface area (Å²) < 4.78 is 5.13. The highest BCUT2D eigenvalue weighted by atomic mass is 16.5. The Hall–Kier alpha value is -1.51. The van der Waals surface area contributed by atoms with E-state index < -0.39 is 5.97 Å². The first kappa shape index (κ1) is 9.58. The number of carboxylic acids is 1. The summed E-state index contributed by atoms with van der Waals surface area (Å²) in [5.74, 6) is -0.833. The lowest BCUT2D eigenvalue weighted by Crippen LogP contribution is -2.23. The van der Waals surface area contributed by atoms with Crippen LogP contribution in [0.5, 0.6) is 5.75 Å². The molecule has 0 aliphatic carbocycles. The molecule has 0 aliphatic heterocycles. The topological polar surface area (TPSA) is 49.4 Å². The third kappa shape index (κ3) is 2.21. The molecule has 1 aromatic carbocycles. The molecule has 13 heavy (non-hydrogen) atoms. The van der Waals surface area contributed by atoms with Gasteiger partial charge in [0.05, 0.1) is 12.6 Å². The summed E-state index contributed by atoms with van der Waals surface area (Å²) in [5.41, 5.74) is 0.990. The monoisotopic (exact) mass is 179 g/mol. The summed E-state index contributed by atoms with van der Waals surface area (Å²) in [4.78, 5) is 10.7. The van der Waals surface area contributed by atoms with Crippen LogP contribution in [0.1, 0.15) is 22.8 Å². The number of carbonyl (C=O) groups excluding carboxylic acids is 1. The Balaban J connectivity index is 3.10. The second-order valence-corrected chi connectivity index (χ2v) is 2.72. The van der Waals surface area contributed by atoms with Gasteiger partial charge in [0, 0.05) is 5.56 Å². The zero-order valence-corrected chi connectivity index (χ0v) is 7.66. The van der Waals surface area contributed by atoms with Crippen molar-refractivity contribution in [2.45, 2.75) is 13.8 Å². The smallest absolute Gasteiger partial charge is 0.128 e. The molecule has 0 amide bonds. The van der Waals surface area contributed by atoms with E-state index in [4.69, 9.17) is 4.74 Å². The first-order valence-electron chi connectivity index (χ1n) is 4.10. The predicted octanol–water partition coefficient (Wildman–Crippen LogP) is 0.757. The van der Waals surface area contributed by atoms with Crippen LogP contribution in [0.15, 0.2) is 18.2 Å². The van der Waals surface area contributed by atoms with Gasteiger partial charge in [0.25, 0.3) is 0 Å². The maximum absolute atomic E-state index is 10.7. The van der Waals surface area contributed by atoms with Gasteiger partial charge in [-0.15, -0.1) is 0 Å². The molecule has 0 N–H and O–H groups in total. The lowest BCUT2D eigenvalue weighted by atomic mass is 10.1. The largest absolute Gasteiger partial charge is 0.545 e. The highest BCUT2D eigenvalue weighted by Crippen LogP contribution is 2.18. The third-order valence-corrected chi connectivity index (χ3v) is 1.65. The fraction of sp³-hybridized carbons (Fsp3) is 0.300. The first-order valence-corrected chi connectivity index (χ1v) is 4.10. The minimum Gasteiger partial charge on any atom is -0.545 e. The van der Waals surface area contributed by atoms with Crippen LogP contribution in [-0.2, 0) is 0 Å². The Morgan fingerprint density at radius 3 is 2.77 bits per heavy atom. The molecule has 0 atom stereocenters. The highest BCUT2D eigenvalue weighted by molar-refractivity contribution is 5.89. The molecular formula is C10H11O3-. The zero-order chi connectivity index (χ0) is 9.84. The van der Waals surface area contributed by atoms with Gasteiger partial charge in [-0.25, -0.2) is 0 Å². The average molecular weight is 179 g/mol. The van der Waals surface area contributed by atoms with Crippen molar-refractivity contribution in [2.75, 3.05) is 6.61 Å². The van der Waals surface area contributed by atoms with Gasteiger partial charge in [-0.2, -0.15) is 0 Å². The molecule has 1 rings (SSSR count). The number of rotatable bonds is 3. The van der Waals surface area contributed by atoms with E-state index in [9.17, 15) is 9.90 Å². The van der Waals surface area contributed by atoms with Crippen molar-refractivity contribution < 1.29 is 14.6 Å². The molecule has 3 heteroatoms. The van der Waals surface area contributed by atoms with Crippen LogP contribution in [-0.4, -0.2) is 12.6 Å². The number of carbonyl (C=O) groups is 1. The van der Waals surface area contributed by atoms with Crippen LogP contribution in [0.2, 0.25) is 0 Å². The Kier molecular flexibility index (Phi) is 2.90. The van der Waals surface area contributed by atoms with Crippen molar-refractivity contribution in [3.8, 4) is 5.75 Å². The normalized spacial score (nSPS) is 9.69. The Morgan fingerprint density at radius 2 is 2.23 bits per heavy atom. The average Bonchev–Trinajstić information content (AvgIpc) is 2.08. The minimum absolute atomic E-state index is 0.113. The van der Waals surface area contributed by atoms with Gasteiger partial charge in [-0.05, 0) is 26.0 Å². The number of ether oxygens (including phenoxy) is 1. The van der Waals surface area contributed by atoms with Crippen molar-refractivity contribution in [3.63, 3.8) is 0 Å². The molecule has 0 aliphatic rings. The number of hydrogen-bond donors (Lipinski definition) is 0. The maximum Gasteiger partial charge on any atom is 0.128 e. The number of aryl methyl sites for hydroxylation is 1. The highest BCUT2D eigenvalue weighted by Gasteiger charge is 2.03. The quantitative estimate of drug-likeness (QED) is 0.688. The minimum atomic E-state index is -1.20. The fourth-order valence-electron chi connectivity index (χ4n) is 1.08. The van der Waals surface area contributed by atoms with Gasteiger partial charge in [0.1, 0.15) is 5.75 Å². The van der Waals surface area contributed by atoms with Crippen LogP contribution >= 0.6 is 0 Å². The Bertz CT molecular complexity index is 318. The van der Waals surface area contributed by atoms with Crippen molar-refractivity contribution >= 4 is 5.97 Å². The molecule has 0 saturated heterocycles. The van der Waals surface area contributed by atoms with Crippen molar-refractivity contribution in [2.24, 2.45) is 0 Å². The van der Waals surface area contributed by atoms with E-state index in [0.29, 0.717) is 12.4 Å². The SMILES string of the molecule is CCOc1ccc(C)cc1C(=O)[O-]. The van der Waals surface area contributed by atoms with E-state index in [1.807, 2.05) is 6.92 Å². The van der Waals surface area contributed by atoms with E-state index in [-0.39, 0.29) is 5.56 Å². The number of hydrogen-bond acceptors (Lipinski definition) is 3. The van der Waals surface area contributed by atoms with Crippen LogP contribution in [0.4, 0.5) is 0 Å². The fourth-order valence-corrected chi connectivity index (χ4v) is 1.08. The van der Waals surface area contributed by atoms with Crippen molar-refractivity contribution in [1.82, 2.24) is 0 Å². The summed E-state index contributed by atoms with van der Waals surface area (Å²) in [7, 11) is 0. The number of benzene rings is 1. The molecule has 0 unspecified atom stereocenters. The second kappa shape index (κ2) is 3.94. The lowest BCUT2D eigenvalue weighted by Gasteiger charge is -2.11. The van der Waals surface area contributed by atoms with Gasteiger partial charge in [-0.3, -0.25) is 0 Å². The third-order valence-electron chi connectivity index (χ3n) is 1.65. The van der Waals surface area contributed by atoms with Crippen LogP contribution in [0.25, 0.3) is 0 Å². The predicted molar refractivity (Wildman–Crippen MR) is 46.7 cm³/mol. The number of aromatic carboxylic acids is 1. The summed E-state index contributed by atoms with van der Waals surface area (Å²) in [6.45, 7) is 4.07. The molecular weight excluding hydrogens is 168 g/mol. The van der Waals surface area contributed by atoms with E-state index >= 15 is 0 Å². The molecule has 0 heterocycles. The van der Waals surface area contributed by atoms with Gasteiger partial charge in [-0.1, -0.05) is 11.6 Å². The molecule has 0 aromatic heterocycles. The second-order valence-electron chi connectivity index (χ2n) is 2.72. The molecule has 0 saturated carbocycles. The summed E-state index contributed by atoms with van der Waals surface area (Å²) >= 11 is 0. The molecule has 3 nitrogen and oxygen atoms in total. The van der Waals surface area contributed by atoms with E-state index in [1.54, 1.807) is 25.1 Å². The molecule has 0 spiro atoms. The Morgan fingerprint density at radius 1 is 1.54 bits per heavy atom. The number of carboxylic acid groups (broad SMARTS) is 1. The zero-order valence-electron chi connectivity index (χ0n) is 7.66. The molecule has 1 aromatic rings. The van der Waals surface area contributed by atoms with Gasteiger partial charge >= 0.3 is 0 Å². The summed E-state index contributed by atoms with van der Waals surface area (Å²) in [5, 5.41) is 10.7. The molecule has 0 radical (unpaired) electrons. The van der Waals surface area contributed by atoms with E-state index in [2.05, 4.69) is 0 Å². The van der Waals surface area contributed by atoms with Gasteiger partial charge in [0.15, 0.2) is 0 Å². The standard InChI is InChI=1S/C10H12O3/c1-3-13-9-5-4-7(2)6-8(9)10(11)12/h4-6H,3H2,1-2H3,(H,11,12)/p-1. The maximum atomic E-state index is 10.7. The molecule has 70 valence electrons. The lowest BCUT2D eigenvalue weighted by molar-refractivity contribution is -0.255. The van der Waals surface area contributed by atoms with Gasteiger partial charge < -0.3 is 14.6 Å². The van der Waals surface area contributed by atoms with Crippen LogP contribution < -0.4 is 9.84 Å². The van der Waals surface area contributed by atoms with Crippen molar-refractivity contribution in [1.29, 1.82) is 0 Å². The molecule has 0 bridgehead atoms. The van der Waals surface area contributed by atoms with Gasteiger partial charge in [0.2, 0.25) is 0 Å². The van der Waals surface area contributed by atoms with Crippen LogP contribution in [0.3, 0.4) is 0 Å². The van der Waals surface area contributed by atoms with E-state index in [1.165, 1.54) is 0 Å². The van der Waals surface area contributed by atoms with Crippen LogP contribution in [0, 0.1) is 6.92 Å². The Labute approximate surface area is 77.0 Å². The summed E-state index contributed by atoms with van der Waals surface area (Å²) in [6, 6.07) is 4.99. The van der Waals surface area contributed by atoms with Crippen molar-refractivity contribution in [3.05, 3.63) is 29.3 Å². The molecule has 0 fully saturated rings. The first-order chi connectivity index (χ1) is 6.15.